The molecule has 0 saturated heterocycles. The number of carbonyl (C=O) groups excluding carboxylic acids is 1. The Morgan fingerprint density at radius 3 is 2.68 bits per heavy atom. The van der Waals surface area contributed by atoms with Gasteiger partial charge in [-0.1, -0.05) is 24.3 Å². The van der Waals surface area contributed by atoms with E-state index in [0.29, 0.717) is 12.3 Å². The lowest BCUT2D eigenvalue weighted by Crippen LogP contribution is -2.23. The van der Waals surface area contributed by atoms with Crippen molar-refractivity contribution < 1.29 is 9.53 Å². The van der Waals surface area contributed by atoms with Crippen molar-refractivity contribution in [3.05, 3.63) is 35.4 Å². The van der Waals surface area contributed by atoms with Crippen LogP contribution in [-0.4, -0.2) is 38.9 Å². The lowest BCUT2D eigenvalue weighted by atomic mass is 10.0. The molecule has 0 bridgehead atoms. The number of rotatable bonds is 7. The van der Waals surface area contributed by atoms with Crippen LogP contribution in [0.15, 0.2) is 29.4 Å². The van der Waals surface area contributed by atoms with Gasteiger partial charge in [-0.25, -0.2) is 4.79 Å². The Hall–Kier alpha value is -1.88. The van der Waals surface area contributed by atoms with Gasteiger partial charge in [0.25, 0.3) is 0 Å². The largest absolute Gasteiger partial charge is 0.461 e. The van der Waals surface area contributed by atoms with Crippen molar-refractivity contribution >= 4 is 11.7 Å². The van der Waals surface area contributed by atoms with Gasteiger partial charge in [-0.15, -0.1) is 0 Å². The van der Waals surface area contributed by atoms with Gasteiger partial charge in [0.15, 0.2) is 5.71 Å². The summed E-state index contributed by atoms with van der Waals surface area (Å²) < 4.78 is 5.05. The van der Waals surface area contributed by atoms with E-state index >= 15 is 0 Å². The number of hydrogen-bond donors (Lipinski definition) is 2. The summed E-state index contributed by atoms with van der Waals surface area (Å²) in [4.78, 5) is 12.0. The average Bonchev–Trinajstić information content (AvgIpc) is 2.43. The first-order valence-electron chi connectivity index (χ1n) is 6.39. The molecule has 0 heterocycles. The summed E-state index contributed by atoms with van der Waals surface area (Å²) in [7, 11) is 3.56. The minimum atomic E-state index is -0.409. The normalized spacial score (nSPS) is 11.2. The van der Waals surface area contributed by atoms with E-state index in [-0.39, 0.29) is 0 Å². The summed E-state index contributed by atoms with van der Waals surface area (Å²) in [6, 6.07) is 7.73. The highest BCUT2D eigenvalue weighted by molar-refractivity contribution is 6.43. The monoisotopic (exact) mass is 263 g/mol. The number of nitrogens with zero attached hydrogens (tertiary/aromatic N) is 1. The predicted molar refractivity (Wildman–Crippen MR) is 76.3 cm³/mol. The molecule has 0 fully saturated rings. The van der Waals surface area contributed by atoms with Gasteiger partial charge in [0.2, 0.25) is 0 Å². The van der Waals surface area contributed by atoms with E-state index in [4.69, 9.17) is 4.74 Å². The first-order chi connectivity index (χ1) is 9.24. The molecule has 0 spiro atoms. The molecular weight excluding hydrogens is 242 g/mol. The molecule has 1 aromatic carbocycles. The van der Waals surface area contributed by atoms with Crippen LogP contribution in [0.1, 0.15) is 18.1 Å². The predicted octanol–water partition coefficient (Wildman–Crippen LogP) is 0.935. The van der Waals surface area contributed by atoms with Crippen LogP contribution in [0.5, 0.6) is 0 Å². The third-order valence-corrected chi connectivity index (χ3v) is 2.61. The molecule has 0 atom stereocenters. The van der Waals surface area contributed by atoms with Crippen LogP contribution < -0.4 is 10.7 Å². The Labute approximate surface area is 114 Å². The summed E-state index contributed by atoms with van der Waals surface area (Å²) in [6.07, 6.45) is 0.828. The van der Waals surface area contributed by atoms with E-state index in [1.54, 1.807) is 14.0 Å². The van der Waals surface area contributed by atoms with Crippen LogP contribution in [0.3, 0.4) is 0 Å². The summed E-state index contributed by atoms with van der Waals surface area (Å²) in [6.45, 7) is 2.95. The minimum absolute atomic E-state index is 0.316. The van der Waals surface area contributed by atoms with Crippen LogP contribution in [0.2, 0.25) is 0 Å². The highest BCUT2D eigenvalue weighted by Gasteiger charge is 2.18. The van der Waals surface area contributed by atoms with Crippen LogP contribution in [0.25, 0.3) is 0 Å². The highest BCUT2D eigenvalue weighted by atomic mass is 16.5. The molecule has 0 aliphatic carbocycles. The number of hydrazone groups is 1. The van der Waals surface area contributed by atoms with Gasteiger partial charge < -0.3 is 15.5 Å². The second-order valence-corrected chi connectivity index (χ2v) is 3.92. The van der Waals surface area contributed by atoms with Crippen LogP contribution in [-0.2, 0) is 16.0 Å². The number of esters is 1. The molecule has 1 rings (SSSR count). The Balaban J connectivity index is 3.08. The molecule has 0 unspecified atom stereocenters. The maximum Gasteiger partial charge on any atom is 0.359 e. The van der Waals surface area contributed by atoms with E-state index in [0.717, 1.165) is 24.1 Å². The average molecular weight is 263 g/mol. The zero-order valence-electron chi connectivity index (χ0n) is 11.7. The van der Waals surface area contributed by atoms with Gasteiger partial charge in [-0.3, -0.25) is 0 Å². The van der Waals surface area contributed by atoms with E-state index in [1.165, 1.54) is 0 Å². The smallest absolute Gasteiger partial charge is 0.359 e. The van der Waals surface area contributed by atoms with Crippen LogP contribution in [0.4, 0.5) is 0 Å². The van der Waals surface area contributed by atoms with Gasteiger partial charge in [0.05, 0.1) is 6.61 Å². The Morgan fingerprint density at radius 1 is 1.32 bits per heavy atom. The summed E-state index contributed by atoms with van der Waals surface area (Å²) >= 11 is 0. The molecule has 1 aromatic rings. The van der Waals surface area contributed by atoms with Gasteiger partial charge in [-0.05, 0) is 32.5 Å². The van der Waals surface area contributed by atoms with Crippen molar-refractivity contribution in [2.45, 2.75) is 13.3 Å². The van der Waals surface area contributed by atoms with Crippen molar-refractivity contribution in [2.75, 3.05) is 27.2 Å². The topological polar surface area (TPSA) is 62.7 Å². The number of benzene rings is 1. The Morgan fingerprint density at radius 2 is 2.05 bits per heavy atom. The van der Waals surface area contributed by atoms with Crippen molar-refractivity contribution in [1.29, 1.82) is 0 Å². The van der Waals surface area contributed by atoms with Crippen molar-refractivity contribution in [3.8, 4) is 0 Å². The lowest BCUT2D eigenvalue weighted by Gasteiger charge is -2.11. The fraction of sp³-hybridized carbons (Fsp3) is 0.429. The first-order valence-corrected chi connectivity index (χ1v) is 6.39. The molecular formula is C14H21N3O2. The Kier molecular flexibility index (Phi) is 6.60. The molecule has 104 valence electrons. The van der Waals surface area contributed by atoms with Gasteiger partial charge in [-0.2, -0.15) is 5.10 Å². The molecule has 0 aliphatic heterocycles. The van der Waals surface area contributed by atoms with E-state index in [9.17, 15) is 4.79 Å². The number of ether oxygens (including phenoxy) is 1. The van der Waals surface area contributed by atoms with Gasteiger partial charge >= 0.3 is 5.97 Å². The quantitative estimate of drug-likeness (QED) is 0.436. The number of nitrogens with one attached hydrogen (secondary N) is 2. The van der Waals surface area contributed by atoms with Crippen molar-refractivity contribution in [2.24, 2.45) is 5.10 Å². The molecule has 5 nitrogen and oxygen atoms in total. The maximum absolute atomic E-state index is 12.0. The summed E-state index contributed by atoms with van der Waals surface area (Å²) in [5.74, 6) is -0.409. The molecule has 19 heavy (non-hydrogen) atoms. The van der Waals surface area contributed by atoms with Crippen molar-refractivity contribution in [3.63, 3.8) is 0 Å². The molecule has 0 aliphatic rings. The van der Waals surface area contributed by atoms with Crippen molar-refractivity contribution in [1.82, 2.24) is 10.7 Å². The fourth-order valence-electron chi connectivity index (χ4n) is 1.76. The number of likely N-dealkylation sites (N-methyl/N-ethyl adjacent to an activating group) is 1. The second kappa shape index (κ2) is 8.26. The zero-order chi connectivity index (χ0) is 14.1. The molecule has 0 radical (unpaired) electrons. The standard InChI is InChI=1S/C14H21N3O2/c1-4-19-14(18)13(17-16-3)12-8-6-5-7-11(12)9-10-15-2/h5-8,15-16H,4,9-10H2,1-3H3/b17-13-. The first kappa shape index (κ1) is 15.2. The van der Waals surface area contributed by atoms with Crippen LogP contribution >= 0.6 is 0 Å². The van der Waals surface area contributed by atoms with Gasteiger partial charge in [0.1, 0.15) is 0 Å². The SMILES string of the molecule is CCOC(=O)/C(=N\NC)c1ccccc1CCNC. The zero-order valence-corrected chi connectivity index (χ0v) is 11.7. The molecule has 0 amide bonds. The third kappa shape index (κ3) is 4.37. The second-order valence-electron chi connectivity index (χ2n) is 3.92. The minimum Gasteiger partial charge on any atom is -0.461 e. The van der Waals surface area contributed by atoms with E-state index < -0.39 is 5.97 Å². The highest BCUT2D eigenvalue weighted by Crippen LogP contribution is 2.12. The maximum atomic E-state index is 12.0. The Bertz CT molecular complexity index is 444. The fourth-order valence-corrected chi connectivity index (χ4v) is 1.76. The number of hydrogen-bond acceptors (Lipinski definition) is 5. The lowest BCUT2D eigenvalue weighted by molar-refractivity contribution is -0.134. The molecule has 5 heteroatoms. The van der Waals surface area contributed by atoms with Gasteiger partial charge in [0, 0.05) is 12.6 Å². The molecule has 2 N–H and O–H groups in total. The van der Waals surface area contributed by atoms with E-state index in [2.05, 4.69) is 15.8 Å². The van der Waals surface area contributed by atoms with E-state index in [1.807, 2.05) is 31.3 Å². The van der Waals surface area contributed by atoms with Crippen LogP contribution in [0, 0.1) is 0 Å². The molecule has 0 saturated carbocycles. The number of carbonyl (C=O) groups is 1. The third-order valence-electron chi connectivity index (χ3n) is 2.61. The summed E-state index contributed by atoms with van der Waals surface area (Å²) in [5.41, 5.74) is 4.86. The summed E-state index contributed by atoms with van der Waals surface area (Å²) in [5, 5.41) is 7.15. The molecule has 0 aromatic heterocycles.